The summed E-state index contributed by atoms with van der Waals surface area (Å²) in [6.07, 6.45) is 2.20. The van der Waals surface area contributed by atoms with Gasteiger partial charge in [0.1, 0.15) is 28.6 Å². The van der Waals surface area contributed by atoms with E-state index >= 15 is 4.39 Å². The number of halogens is 3. The molecule has 1 saturated carbocycles. The minimum absolute atomic E-state index is 0.0426. The molecule has 2 N–H and O–H groups in total. The number of benzene rings is 1. The normalized spacial score (nSPS) is 29.9. The van der Waals surface area contributed by atoms with Gasteiger partial charge < -0.3 is 10.6 Å². The second-order valence-electron chi connectivity index (χ2n) is 9.26. The third-order valence-corrected chi connectivity index (χ3v) is 8.25. The van der Waals surface area contributed by atoms with Crippen LogP contribution < -0.4 is 5.73 Å². The van der Waals surface area contributed by atoms with Crippen molar-refractivity contribution in [2.24, 2.45) is 16.6 Å². The van der Waals surface area contributed by atoms with Gasteiger partial charge in [-0.3, -0.25) is 14.8 Å². The summed E-state index contributed by atoms with van der Waals surface area (Å²) < 4.78 is 42.8. The molecule has 6 nitrogen and oxygen atoms in total. The fourth-order valence-corrected chi connectivity index (χ4v) is 6.51. The fourth-order valence-electron chi connectivity index (χ4n) is 5.07. The lowest BCUT2D eigenvalue weighted by Crippen LogP contribution is -2.45. The molecule has 180 valence electrons. The highest BCUT2D eigenvalue weighted by Gasteiger charge is 2.71. The Hall–Kier alpha value is -3.32. The van der Waals surface area contributed by atoms with Crippen molar-refractivity contribution < 1.29 is 18.0 Å². The molecule has 2 fully saturated rings. The van der Waals surface area contributed by atoms with E-state index in [0.29, 0.717) is 30.5 Å². The van der Waals surface area contributed by atoms with Crippen LogP contribution in [-0.2, 0) is 10.3 Å². The molecule has 0 bridgehead atoms. The Kier molecular flexibility index (Phi) is 5.63. The number of hydrogen-bond donors (Lipinski definition) is 1. The van der Waals surface area contributed by atoms with Crippen molar-refractivity contribution in [1.29, 1.82) is 5.26 Å². The molecule has 4 atom stereocenters. The zero-order valence-corrected chi connectivity index (χ0v) is 19.7. The average molecular weight is 498 g/mol. The molecule has 35 heavy (non-hydrogen) atoms. The van der Waals surface area contributed by atoms with Gasteiger partial charge in [-0.2, -0.15) is 5.26 Å². The summed E-state index contributed by atoms with van der Waals surface area (Å²) in [6, 6.07) is 8.95. The second-order valence-corrected chi connectivity index (χ2v) is 10.6. The summed E-state index contributed by atoms with van der Waals surface area (Å²) in [5, 5.41) is 9.05. The Morgan fingerprint density at radius 3 is 2.83 bits per heavy atom. The summed E-state index contributed by atoms with van der Waals surface area (Å²) in [7, 11) is 0. The van der Waals surface area contributed by atoms with E-state index < -0.39 is 28.1 Å². The van der Waals surface area contributed by atoms with E-state index in [4.69, 9.17) is 11.0 Å². The van der Waals surface area contributed by atoms with Gasteiger partial charge in [0.15, 0.2) is 5.17 Å². The first-order valence-electron chi connectivity index (χ1n) is 11.2. The third-order valence-electron chi connectivity index (χ3n) is 6.96. The molecule has 0 spiro atoms. The molecule has 10 heteroatoms. The van der Waals surface area contributed by atoms with E-state index in [9.17, 15) is 13.6 Å². The number of alkyl halides is 1. The number of nitrogens with zero attached hydrogens (tertiary/aromatic N) is 4. The third kappa shape index (κ3) is 3.97. The van der Waals surface area contributed by atoms with Gasteiger partial charge in [-0.25, -0.2) is 13.2 Å². The van der Waals surface area contributed by atoms with Crippen LogP contribution in [0.2, 0.25) is 0 Å². The van der Waals surface area contributed by atoms with Crippen LogP contribution in [0.15, 0.2) is 41.5 Å². The summed E-state index contributed by atoms with van der Waals surface area (Å²) in [5.41, 5.74) is 5.93. The van der Waals surface area contributed by atoms with Crippen LogP contribution in [0.4, 0.5) is 13.2 Å². The first-order valence-corrected chi connectivity index (χ1v) is 12.0. The van der Waals surface area contributed by atoms with Gasteiger partial charge in [0, 0.05) is 24.2 Å². The fraction of sp³-hybridized carbons (Fsp3) is 0.360. The topological polar surface area (TPSA) is 95.4 Å². The first-order chi connectivity index (χ1) is 16.7. The number of aromatic nitrogens is 1. The van der Waals surface area contributed by atoms with Gasteiger partial charge in [-0.15, -0.1) is 0 Å². The van der Waals surface area contributed by atoms with E-state index in [1.165, 1.54) is 59.3 Å². The number of nitriles is 1. The number of carbonyl (C=O) groups excluding carboxylic acids is 1. The molecular formula is C25H22F3N5OS. The zero-order valence-electron chi connectivity index (χ0n) is 18.8. The smallest absolute Gasteiger partial charge is 0.239 e. The molecule has 5 rings (SSSR count). The number of amides is 1. The summed E-state index contributed by atoms with van der Waals surface area (Å²) >= 11 is 1.17. The van der Waals surface area contributed by atoms with Gasteiger partial charge in [-0.1, -0.05) is 17.8 Å². The number of pyridine rings is 1. The maximum Gasteiger partial charge on any atom is 0.239 e. The molecule has 1 aromatic heterocycles. The molecule has 0 radical (unpaired) electrons. The number of aliphatic imine (C=N–C) groups is 1. The van der Waals surface area contributed by atoms with E-state index in [-0.39, 0.29) is 34.8 Å². The number of fused-ring (bicyclic) bond motifs is 1. The quantitative estimate of drug-likeness (QED) is 0.684. The van der Waals surface area contributed by atoms with Crippen LogP contribution in [-0.4, -0.2) is 45.0 Å². The molecule has 1 aromatic carbocycles. The van der Waals surface area contributed by atoms with Crippen LogP contribution in [0, 0.1) is 23.1 Å². The Labute approximate surface area is 204 Å². The van der Waals surface area contributed by atoms with Crippen LogP contribution in [0.1, 0.15) is 42.1 Å². The lowest BCUT2D eigenvalue weighted by atomic mass is 9.84. The minimum Gasteiger partial charge on any atom is -0.378 e. The van der Waals surface area contributed by atoms with Gasteiger partial charge in [0.2, 0.25) is 5.91 Å². The lowest BCUT2D eigenvalue weighted by Gasteiger charge is -2.35. The number of rotatable bonds is 4. The summed E-state index contributed by atoms with van der Waals surface area (Å²) in [5.74, 6) is -1.71. The Morgan fingerprint density at radius 2 is 2.17 bits per heavy atom. The van der Waals surface area contributed by atoms with Crippen LogP contribution >= 0.6 is 11.8 Å². The van der Waals surface area contributed by atoms with Crippen LogP contribution in [0.3, 0.4) is 0 Å². The number of nitrogens with two attached hydrogens (primary N) is 1. The Bertz CT molecular complexity index is 1310. The van der Waals surface area contributed by atoms with Crippen LogP contribution in [0.5, 0.6) is 0 Å². The van der Waals surface area contributed by atoms with Crippen molar-refractivity contribution in [3.8, 4) is 6.07 Å². The molecular weight excluding hydrogens is 475 g/mol. The monoisotopic (exact) mass is 497 g/mol. The number of amidine groups is 1. The van der Waals surface area contributed by atoms with Crippen molar-refractivity contribution in [2.75, 3.05) is 13.1 Å². The van der Waals surface area contributed by atoms with Crippen LogP contribution in [0.25, 0.3) is 11.9 Å². The van der Waals surface area contributed by atoms with Crippen molar-refractivity contribution >= 4 is 34.7 Å². The van der Waals surface area contributed by atoms with E-state index in [0.717, 1.165) is 0 Å². The first kappa shape index (κ1) is 23.4. The highest BCUT2D eigenvalue weighted by molar-refractivity contribution is 8.15. The van der Waals surface area contributed by atoms with E-state index in [1.807, 2.05) is 6.07 Å². The van der Waals surface area contributed by atoms with Crippen molar-refractivity contribution in [2.45, 2.75) is 36.2 Å². The molecule has 1 saturated heterocycles. The molecule has 1 amide bonds. The predicted molar refractivity (Wildman–Crippen MR) is 128 cm³/mol. The Balaban J connectivity index is 1.47. The molecule has 2 aromatic rings. The second kappa shape index (κ2) is 8.41. The lowest BCUT2D eigenvalue weighted by molar-refractivity contribution is -0.131. The molecule has 3 aliphatic rings. The minimum atomic E-state index is -1.14. The number of thioether (sulfide) groups is 1. The van der Waals surface area contributed by atoms with Gasteiger partial charge in [0.25, 0.3) is 0 Å². The SMILES string of the molecule is C[C@]1(c2cc(C=C(F)c3ccc(C#N)cn3)ccc2F)N=C(N)S[C@@]2(C(=O)N3CC[C@@H](F)C3)C[C@H]21. The molecule has 0 unspecified atom stereocenters. The standard InChI is InChI=1S/C25H22F3N5OS/c1-24(21-10-25(21,35-23(30)32-24)22(34)33-7-6-16(26)13-33)17-8-14(2-4-18(17)27)9-19(28)20-5-3-15(11-29)12-31-20/h2-5,8-9,12,16,21H,6-7,10,13H2,1H3,(H2,30,32)/t16-,21+,24-,25+/m1/s1. The zero-order chi connectivity index (χ0) is 25.0. The van der Waals surface area contributed by atoms with Crippen molar-refractivity contribution in [3.63, 3.8) is 0 Å². The van der Waals surface area contributed by atoms with E-state index in [2.05, 4.69) is 9.98 Å². The van der Waals surface area contributed by atoms with Gasteiger partial charge >= 0.3 is 0 Å². The average Bonchev–Trinajstić information content (AvgIpc) is 3.44. The largest absolute Gasteiger partial charge is 0.378 e. The molecule has 3 heterocycles. The summed E-state index contributed by atoms with van der Waals surface area (Å²) in [6.45, 7) is 2.13. The maximum absolute atomic E-state index is 15.1. The number of carbonyl (C=O) groups is 1. The molecule has 1 aliphatic carbocycles. The highest BCUT2D eigenvalue weighted by Crippen LogP contribution is 2.66. The van der Waals surface area contributed by atoms with E-state index in [1.54, 1.807) is 6.92 Å². The number of hydrogen-bond acceptors (Lipinski definition) is 6. The van der Waals surface area contributed by atoms with Crippen molar-refractivity contribution in [3.05, 3.63) is 64.7 Å². The van der Waals surface area contributed by atoms with Gasteiger partial charge in [0.05, 0.1) is 23.3 Å². The Morgan fingerprint density at radius 1 is 1.37 bits per heavy atom. The van der Waals surface area contributed by atoms with Gasteiger partial charge in [-0.05, 0) is 55.7 Å². The summed E-state index contributed by atoms with van der Waals surface area (Å²) in [4.78, 5) is 23.3. The predicted octanol–water partition coefficient (Wildman–Crippen LogP) is 4.17. The maximum atomic E-state index is 15.1. The van der Waals surface area contributed by atoms with Crippen molar-refractivity contribution in [1.82, 2.24) is 9.88 Å². The number of likely N-dealkylation sites (tertiary alicyclic amines) is 1. The highest BCUT2D eigenvalue weighted by atomic mass is 32.2. The molecule has 2 aliphatic heterocycles.